The average Bonchev–Trinajstić information content (AvgIpc) is 3.50. The fraction of sp³-hybridized carbons (Fsp3) is 0.250. The summed E-state index contributed by atoms with van der Waals surface area (Å²) in [4.78, 5) is 61.2. The molecular formula is C40H32BrClN2O6. The molecule has 1 N–H and O–H groups in total. The number of imide groups is 2. The highest BCUT2D eigenvalue weighted by Crippen LogP contribution is 2.65. The van der Waals surface area contributed by atoms with Crippen LogP contribution in [0.2, 0.25) is 5.02 Å². The number of phenols is 1. The van der Waals surface area contributed by atoms with E-state index in [1.54, 1.807) is 36.4 Å². The predicted molar refractivity (Wildman–Crippen MR) is 190 cm³/mol. The SMILES string of the molecule is COc1cc([C@H]2C3=CC[C@@H]4C(=O)N(Cc5ccccc5)C(=O)[C@@H]4[C@@H]3C[C@H]3C(=O)N(c4cccc(Cl)c4)C(=O)[C@@]23c2ccccc2)cc(Br)c1O. The van der Waals surface area contributed by atoms with Gasteiger partial charge in [0.15, 0.2) is 11.5 Å². The zero-order valence-corrected chi connectivity index (χ0v) is 29.3. The largest absolute Gasteiger partial charge is 0.503 e. The van der Waals surface area contributed by atoms with E-state index in [2.05, 4.69) is 15.9 Å². The van der Waals surface area contributed by atoms with Gasteiger partial charge in [-0.1, -0.05) is 90.0 Å². The molecule has 0 spiro atoms. The number of allylic oxidation sites excluding steroid dienone is 2. The van der Waals surface area contributed by atoms with Crippen LogP contribution in [0, 0.1) is 23.7 Å². The Morgan fingerprint density at radius 1 is 0.880 bits per heavy atom. The summed E-state index contributed by atoms with van der Waals surface area (Å²) in [7, 11) is 1.45. The maximum atomic E-state index is 15.4. The van der Waals surface area contributed by atoms with E-state index in [0.29, 0.717) is 32.7 Å². The summed E-state index contributed by atoms with van der Waals surface area (Å²) < 4.78 is 5.94. The van der Waals surface area contributed by atoms with E-state index in [9.17, 15) is 19.5 Å². The number of carbonyl (C=O) groups is 4. The van der Waals surface area contributed by atoms with Crippen LogP contribution in [-0.2, 0) is 31.1 Å². The summed E-state index contributed by atoms with van der Waals surface area (Å²) in [5, 5.41) is 11.2. The van der Waals surface area contributed by atoms with Crippen LogP contribution in [0.25, 0.3) is 0 Å². The number of anilines is 1. The van der Waals surface area contributed by atoms with Crippen molar-refractivity contribution in [1.29, 1.82) is 0 Å². The van der Waals surface area contributed by atoms with Crippen LogP contribution in [0.5, 0.6) is 11.5 Å². The molecule has 4 aromatic carbocycles. The number of aromatic hydroxyl groups is 1. The maximum absolute atomic E-state index is 15.4. The summed E-state index contributed by atoms with van der Waals surface area (Å²) in [5.74, 6) is -4.64. The molecule has 0 unspecified atom stereocenters. The number of ether oxygens (including phenoxy) is 1. The summed E-state index contributed by atoms with van der Waals surface area (Å²) in [6.07, 6.45) is 2.52. The van der Waals surface area contributed by atoms with Crippen LogP contribution < -0.4 is 9.64 Å². The molecule has 1 saturated carbocycles. The fourth-order valence-corrected chi connectivity index (χ4v) is 9.67. The minimum Gasteiger partial charge on any atom is -0.503 e. The number of nitrogens with zero attached hydrogens (tertiary/aromatic N) is 2. The number of benzene rings is 4. The van der Waals surface area contributed by atoms with Crippen LogP contribution in [0.15, 0.2) is 113 Å². The first-order chi connectivity index (χ1) is 24.2. The van der Waals surface area contributed by atoms with Gasteiger partial charge in [-0.15, -0.1) is 0 Å². The van der Waals surface area contributed by atoms with Gasteiger partial charge in [-0.05, 0) is 81.7 Å². The van der Waals surface area contributed by atoms with Crippen molar-refractivity contribution in [2.45, 2.75) is 30.7 Å². The van der Waals surface area contributed by atoms with Crippen LogP contribution >= 0.6 is 27.5 Å². The third-order valence-corrected chi connectivity index (χ3v) is 11.9. The van der Waals surface area contributed by atoms with E-state index >= 15 is 4.79 Å². The van der Waals surface area contributed by atoms with Crippen LogP contribution in [0.1, 0.15) is 35.4 Å². The van der Waals surface area contributed by atoms with Gasteiger partial charge in [0.05, 0.1) is 47.0 Å². The summed E-state index contributed by atoms with van der Waals surface area (Å²) in [6.45, 7) is 0.163. The number of likely N-dealkylation sites (tertiary alicyclic amines) is 1. The molecule has 8 nitrogen and oxygen atoms in total. The van der Waals surface area contributed by atoms with Crippen molar-refractivity contribution in [3.8, 4) is 11.5 Å². The van der Waals surface area contributed by atoms with Gasteiger partial charge in [0.1, 0.15) is 0 Å². The van der Waals surface area contributed by atoms with E-state index < -0.39 is 46.8 Å². The molecule has 4 amide bonds. The monoisotopic (exact) mass is 750 g/mol. The van der Waals surface area contributed by atoms with Gasteiger partial charge in [0.25, 0.3) is 0 Å². The molecule has 2 saturated heterocycles. The molecule has 4 aromatic rings. The van der Waals surface area contributed by atoms with Gasteiger partial charge in [0, 0.05) is 10.9 Å². The second-order valence-corrected chi connectivity index (χ2v) is 14.7. The molecule has 8 rings (SSSR count). The van der Waals surface area contributed by atoms with Gasteiger partial charge in [-0.3, -0.25) is 24.1 Å². The Kier molecular flexibility index (Phi) is 7.95. The number of carbonyl (C=O) groups excluding carboxylic acids is 4. The first-order valence-corrected chi connectivity index (χ1v) is 17.7. The van der Waals surface area contributed by atoms with Crippen molar-refractivity contribution in [2.24, 2.45) is 23.7 Å². The zero-order valence-electron chi connectivity index (χ0n) is 27.0. The lowest BCUT2D eigenvalue weighted by Gasteiger charge is -2.50. The van der Waals surface area contributed by atoms with E-state index in [4.69, 9.17) is 16.3 Å². The molecular weight excluding hydrogens is 720 g/mol. The number of phenolic OH excluding ortho intramolecular Hbond substituents is 1. The highest BCUT2D eigenvalue weighted by molar-refractivity contribution is 9.10. The van der Waals surface area contributed by atoms with Crippen molar-refractivity contribution < 1.29 is 29.0 Å². The summed E-state index contributed by atoms with van der Waals surface area (Å²) in [6, 6.07) is 28.9. The first kappa shape index (κ1) is 32.5. The van der Waals surface area contributed by atoms with Crippen molar-refractivity contribution in [2.75, 3.05) is 12.0 Å². The second-order valence-electron chi connectivity index (χ2n) is 13.4. The van der Waals surface area contributed by atoms with Crippen molar-refractivity contribution in [3.63, 3.8) is 0 Å². The first-order valence-electron chi connectivity index (χ1n) is 16.5. The third kappa shape index (κ3) is 4.70. The van der Waals surface area contributed by atoms with E-state index in [0.717, 1.165) is 11.1 Å². The smallest absolute Gasteiger partial charge is 0.246 e. The number of amides is 4. The summed E-state index contributed by atoms with van der Waals surface area (Å²) in [5.41, 5.74) is 1.87. The standard InChI is InChI=1S/C40H32BrClN2O6/c1-50-32-18-23(17-31(41)35(32)45)34-27-15-16-28-33(38(48)43(36(28)46)21-22-9-4-2-5-10-22)29(27)20-30-37(47)44(26-14-8-13-25(42)19-26)39(49)40(30,34)24-11-6-3-7-12-24/h2-15,17-19,28-30,33-34,45H,16,20-21H2,1H3/t28-,29+,30-,33-,34-,40+/m0/s1. The number of hydrogen-bond acceptors (Lipinski definition) is 6. The Morgan fingerprint density at radius 3 is 2.30 bits per heavy atom. The molecule has 0 radical (unpaired) electrons. The lowest BCUT2D eigenvalue weighted by Crippen LogP contribution is -2.53. The number of methoxy groups -OCH3 is 1. The quantitative estimate of drug-likeness (QED) is 0.166. The van der Waals surface area contributed by atoms with E-state index in [1.807, 2.05) is 66.7 Å². The van der Waals surface area contributed by atoms with E-state index in [-0.39, 0.29) is 36.3 Å². The second kappa shape index (κ2) is 12.2. The fourth-order valence-electron chi connectivity index (χ4n) is 9.02. The lowest BCUT2D eigenvalue weighted by molar-refractivity contribution is -0.141. The Labute approximate surface area is 302 Å². The molecule has 0 aromatic heterocycles. The average molecular weight is 752 g/mol. The Hall–Kier alpha value is -4.73. The van der Waals surface area contributed by atoms with Crippen LogP contribution in [0.4, 0.5) is 5.69 Å². The minimum atomic E-state index is -1.44. The molecule has 10 heteroatoms. The highest BCUT2D eigenvalue weighted by Gasteiger charge is 2.70. The molecule has 0 bridgehead atoms. The van der Waals surface area contributed by atoms with Gasteiger partial charge in [-0.2, -0.15) is 0 Å². The maximum Gasteiger partial charge on any atom is 0.246 e. The number of halogens is 2. The topological polar surface area (TPSA) is 104 Å². The van der Waals surface area contributed by atoms with Crippen molar-refractivity contribution in [3.05, 3.63) is 135 Å². The highest BCUT2D eigenvalue weighted by atomic mass is 79.9. The number of fused-ring (bicyclic) bond motifs is 4. The van der Waals surface area contributed by atoms with Crippen molar-refractivity contribution >= 4 is 56.8 Å². The van der Waals surface area contributed by atoms with Gasteiger partial charge >= 0.3 is 0 Å². The minimum absolute atomic E-state index is 0.103. The Balaban J connectivity index is 1.35. The Morgan fingerprint density at radius 2 is 1.60 bits per heavy atom. The molecule has 2 aliphatic carbocycles. The van der Waals surface area contributed by atoms with E-state index in [1.165, 1.54) is 16.9 Å². The third-order valence-electron chi connectivity index (χ3n) is 11.0. The van der Waals surface area contributed by atoms with Gasteiger partial charge in [-0.25, -0.2) is 4.90 Å². The number of rotatable bonds is 6. The molecule has 6 atom stereocenters. The van der Waals surface area contributed by atoms with Gasteiger partial charge < -0.3 is 9.84 Å². The molecule has 50 heavy (non-hydrogen) atoms. The normalized spacial score (nSPS) is 27.2. The summed E-state index contributed by atoms with van der Waals surface area (Å²) >= 11 is 9.89. The molecule has 4 aliphatic rings. The zero-order chi connectivity index (χ0) is 34.9. The number of hydrogen-bond donors (Lipinski definition) is 1. The Bertz CT molecular complexity index is 2110. The predicted octanol–water partition coefficient (Wildman–Crippen LogP) is 7.18. The molecule has 2 aliphatic heterocycles. The van der Waals surface area contributed by atoms with Crippen molar-refractivity contribution in [1.82, 2.24) is 4.90 Å². The molecule has 2 heterocycles. The molecule has 3 fully saturated rings. The van der Waals surface area contributed by atoms with Crippen LogP contribution in [-0.4, -0.2) is 40.7 Å². The lowest BCUT2D eigenvalue weighted by atomic mass is 9.49. The van der Waals surface area contributed by atoms with Crippen LogP contribution in [0.3, 0.4) is 0 Å². The van der Waals surface area contributed by atoms with Gasteiger partial charge in [0.2, 0.25) is 23.6 Å². The molecule has 252 valence electrons.